The molecule has 1 unspecified atom stereocenters. The molecule has 0 bridgehead atoms. The van der Waals surface area contributed by atoms with Crippen LogP contribution in [-0.4, -0.2) is 10.6 Å². The van der Waals surface area contributed by atoms with E-state index >= 15 is 0 Å². The summed E-state index contributed by atoms with van der Waals surface area (Å²) in [7, 11) is -3.65. The minimum absolute atomic E-state index is 0.235. The van der Waals surface area contributed by atoms with Gasteiger partial charge in [-0.15, -0.1) is 0 Å². The molecular formula is C19H23O3P. The van der Waals surface area contributed by atoms with Crippen molar-refractivity contribution in [3.63, 3.8) is 0 Å². The monoisotopic (exact) mass is 330 g/mol. The summed E-state index contributed by atoms with van der Waals surface area (Å²) < 4.78 is 18.4. The molecule has 3 nitrogen and oxygen atoms in total. The van der Waals surface area contributed by atoms with Crippen molar-refractivity contribution in [1.82, 2.24) is 0 Å². The van der Waals surface area contributed by atoms with Gasteiger partial charge in [0.1, 0.15) is 5.75 Å². The van der Waals surface area contributed by atoms with Crippen molar-refractivity contribution in [2.75, 3.05) is 0 Å². The molecule has 122 valence electrons. The van der Waals surface area contributed by atoms with Crippen molar-refractivity contribution < 1.29 is 14.0 Å². The van der Waals surface area contributed by atoms with Crippen molar-refractivity contribution in [2.24, 2.45) is 0 Å². The van der Waals surface area contributed by atoms with Crippen molar-refractivity contribution >= 4 is 7.60 Å². The lowest BCUT2D eigenvalue weighted by Gasteiger charge is -2.27. The lowest BCUT2D eigenvalue weighted by Crippen LogP contribution is -2.16. The topological polar surface area (TPSA) is 46.5 Å². The lowest BCUT2D eigenvalue weighted by molar-refractivity contribution is 0.344. The van der Waals surface area contributed by atoms with Crippen LogP contribution >= 0.6 is 7.60 Å². The first-order valence-corrected chi connectivity index (χ1v) is 9.89. The first-order chi connectivity index (χ1) is 11.1. The predicted molar refractivity (Wildman–Crippen MR) is 93.9 cm³/mol. The van der Waals surface area contributed by atoms with E-state index in [2.05, 4.69) is 0 Å². The highest BCUT2D eigenvalue weighted by atomic mass is 31.2. The van der Waals surface area contributed by atoms with Gasteiger partial charge in [0.05, 0.1) is 5.66 Å². The highest BCUT2D eigenvalue weighted by Gasteiger charge is 2.35. The summed E-state index contributed by atoms with van der Waals surface area (Å²) in [5.41, 5.74) is 2.73. The molecule has 0 saturated heterocycles. The summed E-state index contributed by atoms with van der Waals surface area (Å²) in [6.45, 7) is 2.01. The van der Waals surface area contributed by atoms with Gasteiger partial charge >= 0.3 is 7.60 Å². The van der Waals surface area contributed by atoms with E-state index in [0.717, 1.165) is 48.8 Å². The fourth-order valence-electron chi connectivity index (χ4n) is 3.19. The molecule has 2 aromatic rings. The minimum atomic E-state index is -3.65. The quantitative estimate of drug-likeness (QED) is 0.747. The maximum atomic E-state index is 12.7. The van der Waals surface area contributed by atoms with Gasteiger partial charge in [-0.2, -0.15) is 0 Å². The molecule has 0 radical (unpaired) electrons. The van der Waals surface area contributed by atoms with Crippen molar-refractivity contribution in [1.29, 1.82) is 0 Å². The van der Waals surface area contributed by atoms with E-state index in [1.807, 2.05) is 55.5 Å². The predicted octanol–water partition coefficient (Wildman–Crippen LogP) is 5.56. The molecule has 1 aliphatic carbocycles. The second-order valence-electron chi connectivity index (χ2n) is 6.31. The minimum Gasteiger partial charge on any atom is -0.424 e. The molecule has 2 aromatic carbocycles. The van der Waals surface area contributed by atoms with Crippen LogP contribution in [0.5, 0.6) is 5.75 Å². The van der Waals surface area contributed by atoms with Crippen molar-refractivity contribution in [3.8, 4) is 16.9 Å². The Morgan fingerprint density at radius 2 is 1.74 bits per heavy atom. The van der Waals surface area contributed by atoms with Crippen LogP contribution in [0.1, 0.15) is 37.7 Å². The van der Waals surface area contributed by atoms with E-state index in [9.17, 15) is 9.46 Å². The lowest BCUT2D eigenvalue weighted by atomic mass is 10.0. The van der Waals surface area contributed by atoms with Crippen LogP contribution in [0, 0.1) is 6.92 Å². The molecular weight excluding hydrogens is 307 g/mol. The van der Waals surface area contributed by atoms with E-state index in [1.54, 1.807) is 0 Å². The molecule has 1 N–H and O–H groups in total. The maximum absolute atomic E-state index is 12.7. The van der Waals surface area contributed by atoms with Crippen molar-refractivity contribution in [3.05, 3.63) is 54.1 Å². The van der Waals surface area contributed by atoms with Gasteiger partial charge in [-0.25, -0.2) is 4.57 Å². The summed E-state index contributed by atoms with van der Waals surface area (Å²) in [4.78, 5) is 10.5. The number of hydrogen-bond acceptors (Lipinski definition) is 2. The summed E-state index contributed by atoms with van der Waals surface area (Å²) in [6.07, 6.45) is 4.73. The maximum Gasteiger partial charge on any atom is 0.379 e. The van der Waals surface area contributed by atoms with Gasteiger partial charge in [-0.3, -0.25) is 0 Å². The van der Waals surface area contributed by atoms with Crippen LogP contribution in [0.4, 0.5) is 0 Å². The average molecular weight is 330 g/mol. The van der Waals surface area contributed by atoms with Crippen LogP contribution in [0.2, 0.25) is 0 Å². The van der Waals surface area contributed by atoms with E-state index < -0.39 is 7.60 Å². The summed E-state index contributed by atoms with van der Waals surface area (Å²) in [6, 6.07) is 15.6. The standard InChI is InChI=1S/C19H23O3P/c1-15-12-13-19(18(14-15)16-8-4-2-5-9-16)22-23(20,21)17-10-6-3-7-11-17/h2,4-5,8-9,12-14,17H,3,6-7,10-11H2,1H3,(H,20,21). The Morgan fingerprint density at radius 3 is 2.43 bits per heavy atom. The molecule has 1 aliphatic rings. The highest BCUT2D eigenvalue weighted by molar-refractivity contribution is 7.54. The van der Waals surface area contributed by atoms with Gasteiger partial charge in [0.25, 0.3) is 0 Å². The Bertz CT molecular complexity index is 706. The average Bonchev–Trinajstić information content (AvgIpc) is 2.58. The van der Waals surface area contributed by atoms with Crippen LogP contribution in [-0.2, 0) is 4.57 Å². The van der Waals surface area contributed by atoms with Crippen LogP contribution in [0.25, 0.3) is 11.1 Å². The van der Waals surface area contributed by atoms with Gasteiger partial charge < -0.3 is 9.42 Å². The molecule has 3 rings (SSSR count). The van der Waals surface area contributed by atoms with E-state index in [-0.39, 0.29) is 5.66 Å². The van der Waals surface area contributed by atoms with Gasteiger partial charge in [0.2, 0.25) is 0 Å². The molecule has 0 spiro atoms. The third-order valence-electron chi connectivity index (χ3n) is 4.49. The SMILES string of the molecule is Cc1ccc(OP(=O)(O)C2CCCCC2)c(-c2ccccc2)c1. The number of benzene rings is 2. The third-order valence-corrected chi connectivity index (χ3v) is 6.38. The molecule has 0 amide bonds. The zero-order chi connectivity index (χ0) is 16.3. The van der Waals surface area contributed by atoms with Crippen LogP contribution in [0.15, 0.2) is 48.5 Å². The van der Waals surface area contributed by atoms with E-state index in [4.69, 9.17) is 4.52 Å². The smallest absolute Gasteiger partial charge is 0.379 e. The first kappa shape index (κ1) is 16.3. The summed E-state index contributed by atoms with van der Waals surface area (Å²) in [5.74, 6) is 0.498. The first-order valence-electron chi connectivity index (χ1n) is 8.24. The zero-order valence-corrected chi connectivity index (χ0v) is 14.3. The summed E-state index contributed by atoms with van der Waals surface area (Å²) >= 11 is 0. The van der Waals surface area contributed by atoms with E-state index in [1.165, 1.54) is 0 Å². The molecule has 0 aliphatic heterocycles. The Kier molecular flexibility index (Phi) is 4.89. The Balaban J connectivity index is 1.92. The van der Waals surface area contributed by atoms with Gasteiger partial charge in [0, 0.05) is 5.56 Å². The van der Waals surface area contributed by atoms with Gasteiger partial charge in [-0.1, -0.05) is 61.2 Å². The number of hydrogen-bond donors (Lipinski definition) is 1. The van der Waals surface area contributed by atoms with Crippen LogP contribution in [0.3, 0.4) is 0 Å². The second kappa shape index (κ2) is 6.90. The largest absolute Gasteiger partial charge is 0.424 e. The molecule has 1 atom stereocenters. The fraction of sp³-hybridized carbons (Fsp3) is 0.368. The normalized spacial score (nSPS) is 18.3. The van der Waals surface area contributed by atoms with Crippen LogP contribution < -0.4 is 4.52 Å². The molecule has 23 heavy (non-hydrogen) atoms. The molecule has 1 fully saturated rings. The Hall–Kier alpha value is -1.57. The van der Waals surface area contributed by atoms with Gasteiger partial charge in [-0.05, 0) is 37.5 Å². The number of rotatable bonds is 4. The third kappa shape index (κ3) is 3.85. The molecule has 1 saturated carbocycles. The second-order valence-corrected chi connectivity index (χ2v) is 8.35. The fourth-order valence-corrected chi connectivity index (χ4v) is 4.80. The van der Waals surface area contributed by atoms with E-state index in [0.29, 0.717) is 5.75 Å². The molecule has 4 heteroatoms. The van der Waals surface area contributed by atoms with Crippen molar-refractivity contribution in [2.45, 2.75) is 44.7 Å². The highest BCUT2D eigenvalue weighted by Crippen LogP contribution is 2.54. The zero-order valence-electron chi connectivity index (χ0n) is 13.4. The Morgan fingerprint density at radius 1 is 1.04 bits per heavy atom. The van der Waals surface area contributed by atoms with Gasteiger partial charge in [0.15, 0.2) is 0 Å². The number of aryl methyl sites for hydroxylation is 1. The molecule has 0 heterocycles. The Labute approximate surface area is 137 Å². The molecule has 0 aromatic heterocycles. The summed E-state index contributed by atoms with van der Waals surface area (Å²) in [5, 5.41) is 0.